The molecule has 2 aromatic carbocycles. The summed E-state index contributed by atoms with van der Waals surface area (Å²) in [6, 6.07) is 14.1. The van der Waals surface area contributed by atoms with Crippen LogP contribution in [-0.2, 0) is 31.7 Å². The number of nitrogens with zero attached hydrogens (tertiary/aromatic N) is 1. The minimum absolute atomic E-state index is 0.0903. The Morgan fingerprint density at radius 1 is 0.949 bits per heavy atom. The Morgan fingerprint density at radius 2 is 1.51 bits per heavy atom. The van der Waals surface area contributed by atoms with Crippen LogP contribution in [0.2, 0.25) is 0 Å². The van der Waals surface area contributed by atoms with Crippen LogP contribution in [0.25, 0.3) is 0 Å². The van der Waals surface area contributed by atoms with E-state index < -0.39 is 12.1 Å². The molecule has 0 bridgehead atoms. The number of esters is 1. The summed E-state index contributed by atoms with van der Waals surface area (Å²) in [5.41, 5.74) is 12.1. The maximum absolute atomic E-state index is 14.2. The molecule has 2 N–H and O–H groups in total. The monoisotopic (exact) mass is 532 g/mol. The third-order valence-electron chi connectivity index (χ3n) is 9.37. The van der Waals surface area contributed by atoms with Gasteiger partial charge in [0.05, 0.1) is 0 Å². The summed E-state index contributed by atoms with van der Waals surface area (Å²) < 4.78 is 5.67. The van der Waals surface area contributed by atoms with Crippen LogP contribution in [0, 0.1) is 18.8 Å². The zero-order chi connectivity index (χ0) is 28.4. The number of carbonyl (C=O) groups excluding carboxylic acids is 2. The molecule has 4 rings (SSSR count). The van der Waals surface area contributed by atoms with Crippen molar-refractivity contribution in [2.45, 2.75) is 104 Å². The predicted octanol–water partition coefficient (Wildman–Crippen LogP) is 6.74. The molecule has 1 amide bonds. The summed E-state index contributed by atoms with van der Waals surface area (Å²) in [6.07, 6.45) is 5.72. The number of rotatable bonds is 8. The number of fused-ring (bicyclic) bond motifs is 1. The van der Waals surface area contributed by atoms with E-state index in [1.165, 1.54) is 35.6 Å². The molecule has 1 saturated carbocycles. The van der Waals surface area contributed by atoms with Crippen LogP contribution >= 0.6 is 0 Å². The minimum Gasteiger partial charge on any atom is -0.447 e. The molecule has 5 heteroatoms. The molecular weight excluding hydrogens is 484 g/mol. The van der Waals surface area contributed by atoms with Crippen molar-refractivity contribution < 1.29 is 14.3 Å². The molecule has 0 spiro atoms. The number of hydrogen-bond acceptors (Lipinski definition) is 4. The zero-order valence-corrected chi connectivity index (χ0v) is 24.9. The van der Waals surface area contributed by atoms with Gasteiger partial charge in [-0.05, 0) is 96.9 Å². The van der Waals surface area contributed by atoms with E-state index in [0.29, 0.717) is 30.5 Å². The van der Waals surface area contributed by atoms with Gasteiger partial charge in [-0.15, -0.1) is 0 Å². The SMILES string of the molecule is CC(=O)OC(C(=O)N(Cc1cc2c(cc1C)C(C)(C)CCC2(C)C)CC1CCC(CN)CC1)c1ccccc1. The number of carbonyl (C=O) groups is 2. The van der Waals surface area contributed by atoms with E-state index in [4.69, 9.17) is 10.5 Å². The summed E-state index contributed by atoms with van der Waals surface area (Å²) in [4.78, 5) is 28.3. The molecule has 5 nitrogen and oxygen atoms in total. The van der Waals surface area contributed by atoms with Gasteiger partial charge < -0.3 is 15.4 Å². The number of hydrogen-bond donors (Lipinski definition) is 1. The van der Waals surface area contributed by atoms with Gasteiger partial charge in [0, 0.05) is 25.6 Å². The Bertz CT molecular complexity index is 1160. The fourth-order valence-electron chi connectivity index (χ4n) is 6.56. The van der Waals surface area contributed by atoms with Crippen LogP contribution in [0.1, 0.15) is 107 Å². The molecular formula is C34H48N2O3. The second kappa shape index (κ2) is 11.8. The molecule has 0 aromatic heterocycles. The maximum Gasteiger partial charge on any atom is 0.303 e. The summed E-state index contributed by atoms with van der Waals surface area (Å²) in [6.45, 7) is 14.8. The molecule has 39 heavy (non-hydrogen) atoms. The second-order valence-electron chi connectivity index (χ2n) is 13.3. The van der Waals surface area contributed by atoms with E-state index in [0.717, 1.165) is 38.6 Å². The third kappa shape index (κ3) is 6.74. The van der Waals surface area contributed by atoms with Gasteiger partial charge in [0.15, 0.2) is 0 Å². The van der Waals surface area contributed by atoms with E-state index in [-0.39, 0.29) is 16.7 Å². The highest BCUT2D eigenvalue weighted by atomic mass is 16.5. The van der Waals surface area contributed by atoms with Gasteiger partial charge in [0.2, 0.25) is 6.10 Å². The first-order valence-electron chi connectivity index (χ1n) is 14.8. The molecule has 0 aliphatic heterocycles. The van der Waals surface area contributed by atoms with E-state index in [1.54, 1.807) is 0 Å². The minimum atomic E-state index is -0.947. The summed E-state index contributed by atoms with van der Waals surface area (Å²) >= 11 is 0. The van der Waals surface area contributed by atoms with Crippen molar-refractivity contribution in [2.75, 3.05) is 13.1 Å². The van der Waals surface area contributed by atoms with Crippen LogP contribution in [0.5, 0.6) is 0 Å². The Hall–Kier alpha value is -2.66. The Kier molecular flexibility index (Phi) is 8.90. The number of benzene rings is 2. The van der Waals surface area contributed by atoms with Gasteiger partial charge in [-0.3, -0.25) is 9.59 Å². The second-order valence-corrected chi connectivity index (χ2v) is 13.3. The highest BCUT2D eigenvalue weighted by Crippen LogP contribution is 2.46. The molecule has 0 saturated heterocycles. The van der Waals surface area contributed by atoms with Gasteiger partial charge >= 0.3 is 5.97 Å². The van der Waals surface area contributed by atoms with E-state index in [1.807, 2.05) is 35.2 Å². The highest BCUT2D eigenvalue weighted by Gasteiger charge is 2.38. The highest BCUT2D eigenvalue weighted by molar-refractivity contribution is 5.84. The smallest absolute Gasteiger partial charge is 0.303 e. The largest absolute Gasteiger partial charge is 0.447 e. The van der Waals surface area contributed by atoms with Crippen molar-refractivity contribution in [3.63, 3.8) is 0 Å². The van der Waals surface area contributed by atoms with Crippen LogP contribution in [0.15, 0.2) is 42.5 Å². The van der Waals surface area contributed by atoms with Crippen LogP contribution < -0.4 is 5.73 Å². The zero-order valence-electron chi connectivity index (χ0n) is 24.9. The third-order valence-corrected chi connectivity index (χ3v) is 9.37. The number of ether oxygens (including phenoxy) is 1. The molecule has 1 fully saturated rings. The molecule has 1 atom stereocenters. The molecule has 2 aliphatic carbocycles. The number of aryl methyl sites for hydroxylation is 1. The topological polar surface area (TPSA) is 72.6 Å². The first kappa shape index (κ1) is 29.3. The van der Waals surface area contributed by atoms with Gasteiger partial charge in [0.25, 0.3) is 5.91 Å². The van der Waals surface area contributed by atoms with Gasteiger partial charge in [-0.25, -0.2) is 0 Å². The normalized spacial score (nSPS) is 22.4. The molecule has 2 aromatic rings. The lowest BCUT2D eigenvalue weighted by Crippen LogP contribution is -2.41. The average molecular weight is 533 g/mol. The Labute approximate surface area is 235 Å². The molecule has 0 heterocycles. The van der Waals surface area contributed by atoms with Gasteiger partial charge in [-0.2, -0.15) is 0 Å². The number of amides is 1. The number of nitrogens with two attached hydrogens (primary N) is 1. The predicted molar refractivity (Wildman–Crippen MR) is 157 cm³/mol. The van der Waals surface area contributed by atoms with Gasteiger partial charge in [-0.1, -0.05) is 70.2 Å². The first-order valence-corrected chi connectivity index (χ1v) is 14.8. The standard InChI is InChI=1S/C34H48N2O3/c1-23-18-29-30(34(5,6)17-16-33(29,3)4)19-28(23)22-36(21-26-14-12-25(20-35)13-15-26)32(38)31(39-24(2)37)27-10-8-7-9-11-27/h7-11,18-19,25-26,31H,12-17,20-22,35H2,1-6H3. The van der Waals surface area contributed by atoms with Crippen molar-refractivity contribution in [3.8, 4) is 0 Å². The maximum atomic E-state index is 14.2. The summed E-state index contributed by atoms with van der Waals surface area (Å²) in [5, 5.41) is 0. The lowest BCUT2D eigenvalue weighted by Gasteiger charge is -2.42. The fraction of sp³-hybridized carbons (Fsp3) is 0.588. The molecule has 2 aliphatic rings. The Balaban J connectivity index is 1.70. The van der Waals surface area contributed by atoms with E-state index in [2.05, 4.69) is 46.8 Å². The van der Waals surface area contributed by atoms with Crippen molar-refractivity contribution in [3.05, 3.63) is 70.3 Å². The van der Waals surface area contributed by atoms with E-state index in [9.17, 15) is 9.59 Å². The lowest BCUT2D eigenvalue weighted by molar-refractivity contribution is -0.160. The van der Waals surface area contributed by atoms with Gasteiger partial charge in [0.1, 0.15) is 0 Å². The van der Waals surface area contributed by atoms with Crippen molar-refractivity contribution >= 4 is 11.9 Å². The first-order chi connectivity index (χ1) is 18.4. The van der Waals surface area contributed by atoms with E-state index >= 15 is 0 Å². The quantitative estimate of drug-likeness (QED) is 0.382. The molecule has 1 unspecified atom stereocenters. The Morgan fingerprint density at radius 3 is 2.08 bits per heavy atom. The van der Waals surface area contributed by atoms with Crippen LogP contribution in [0.3, 0.4) is 0 Å². The van der Waals surface area contributed by atoms with Crippen molar-refractivity contribution in [2.24, 2.45) is 17.6 Å². The summed E-state index contributed by atoms with van der Waals surface area (Å²) in [5.74, 6) is 0.402. The van der Waals surface area contributed by atoms with Crippen LogP contribution in [0.4, 0.5) is 0 Å². The van der Waals surface area contributed by atoms with Crippen molar-refractivity contribution in [1.82, 2.24) is 4.90 Å². The fourth-order valence-corrected chi connectivity index (χ4v) is 6.56. The average Bonchev–Trinajstić information content (AvgIpc) is 2.90. The lowest BCUT2D eigenvalue weighted by atomic mass is 9.62. The van der Waals surface area contributed by atoms with Crippen LogP contribution in [-0.4, -0.2) is 29.9 Å². The summed E-state index contributed by atoms with van der Waals surface area (Å²) in [7, 11) is 0. The molecule has 212 valence electrons. The molecule has 0 radical (unpaired) electrons. The van der Waals surface area contributed by atoms with Crippen molar-refractivity contribution in [1.29, 1.82) is 0 Å².